The molecule has 2 unspecified atom stereocenters. The normalized spacial score (nSPS) is 23.7. The predicted molar refractivity (Wildman–Crippen MR) is 84.2 cm³/mol. The lowest BCUT2D eigenvalue weighted by Gasteiger charge is -2.40. The second-order valence-corrected chi connectivity index (χ2v) is 6.57. The minimum absolute atomic E-state index is 0.0780. The summed E-state index contributed by atoms with van der Waals surface area (Å²) in [6, 6.07) is 9.97. The third kappa shape index (κ3) is 3.23. The lowest BCUT2D eigenvalue weighted by molar-refractivity contribution is -0.147. The first-order valence-electron chi connectivity index (χ1n) is 7.01. The van der Waals surface area contributed by atoms with E-state index in [1.165, 1.54) is 0 Å². The summed E-state index contributed by atoms with van der Waals surface area (Å²) in [5.74, 6) is 0.171. The number of carbonyl (C=O) groups is 1. The van der Waals surface area contributed by atoms with Gasteiger partial charge in [0.2, 0.25) is 5.91 Å². The Kier molecular flexibility index (Phi) is 4.86. The van der Waals surface area contributed by atoms with E-state index in [0.717, 1.165) is 10.9 Å². The standard InChI is InChI=1S/C16H22BrNO2/c1-12-10-18(11-14(9-17)20-12)15(19)16(2,3)13-7-5-4-6-8-13/h4-8,12,14H,9-11H2,1-3H3. The van der Waals surface area contributed by atoms with Crippen LogP contribution < -0.4 is 0 Å². The summed E-state index contributed by atoms with van der Waals surface area (Å²) in [6.07, 6.45) is 0.163. The number of benzene rings is 1. The molecule has 20 heavy (non-hydrogen) atoms. The molecule has 1 aliphatic rings. The molecule has 0 aromatic heterocycles. The quantitative estimate of drug-likeness (QED) is 0.792. The van der Waals surface area contributed by atoms with E-state index in [1.54, 1.807) is 0 Å². The van der Waals surface area contributed by atoms with Gasteiger partial charge >= 0.3 is 0 Å². The number of halogens is 1. The highest BCUT2D eigenvalue weighted by molar-refractivity contribution is 9.09. The van der Waals surface area contributed by atoms with Crippen LogP contribution in [0.15, 0.2) is 30.3 Å². The summed E-state index contributed by atoms with van der Waals surface area (Å²) < 4.78 is 5.79. The summed E-state index contributed by atoms with van der Waals surface area (Å²) in [7, 11) is 0. The number of hydrogen-bond donors (Lipinski definition) is 0. The Bertz CT molecular complexity index is 461. The Balaban J connectivity index is 2.17. The second kappa shape index (κ2) is 6.27. The molecule has 2 rings (SSSR count). The first-order valence-corrected chi connectivity index (χ1v) is 8.13. The molecule has 0 saturated carbocycles. The van der Waals surface area contributed by atoms with Gasteiger partial charge in [-0.05, 0) is 26.3 Å². The zero-order chi connectivity index (χ0) is 14.8. The molecule has 1 heterocycles. The van der Waals surface area contributed by atoms with Crippen LogP contribution in [0.1, 0.15) is 26.3 Å². The molecule has 0 aliphatic carbocycles. The van der Waals surface area contributed by atoms with Gasteiger partial charge < -0.3 is 9.64 Å². The molecule has 1 aromatic carbocycles. The molecule has 0 radical (unpaired) electrons. The van der Waals surface area contributed by atoms with Crippen molar-refractivity contribution in [1.29, 1.82) is 0 Å². The highest BCUT2D eigenvalue weighted by Gasteiger charge is 2.37. The third-order valence-corrected chi connectivity index (χ3v) is 4.54. The SMILES string of the molecule is CC1CN(C(=O)C(C)(C)c2ccccc2)CC(CBr)O1. The van der Waals surface area contributed by atoms with Crippen LogP contribution in [0.5, 0.6) is 0 Å². The number of morpholine rings is 1. The minimum Gasteiger partial charge on any atom is -0.371 e. The topological polar surface area (TPSA) is 29.5 Å². The smallest absolute Gasteiger partial charge is 0.232 e. The van der Waals surface area contributed by atoms with Gasteiger partial charge in [-0.1, -0.05) is 46.3 Å². The molecule has 0 N–H and O–H groups in total. The molecule has 1 aliphatic heterocycles. The maximum absolute atomic E-state index is 12.9. The van der Waals surface area contributed by atoms with Crippen LogP contribution in [0.3, 0.4) is 0 Å². The van der Waals surface area contributed by atoms with Crippen molar-refractivity contribution in [1.82, 2.24) is 4.90 Å². The zero-order valence-corrected chi connectivity index (χ0v) is 13.9. The highest BCUT2D eigenvalue weighted by Crippen LogP contribution is 2.27. The molecule has 1 fully saturated rings. The van der Waals surface area contributed by atoms with Crippen LogP contribution in [-0.2, 0) is 14.9 Å². The monoisotopic (exact) mass is 339 g/mol. The second-order valence-electron chi connectivity index (χ2n) is 5.92. The lowest BCUT2D eigenvalue weighted by Crippen LogP contribution is -2.54. The van der Waals surface area contributed by atoms with Crippen molar-refractivity contribution in [3.63, 3.8) is 0 Å². The Morgan fingerprint density at radius 3 is 2.60 bits per heavy atom. The van der Waals surface area contributed by atoms with Crippen LogP contribution in [0.4, 0.5) is 0 Å². The van der Waals surface area contributed by atoms with Gasteiger partial charge in [0.1, 0.15) is 0 Å². The molecular weight excluding hydrogens is 318 g/mol. The van der Waals surface area contributed by atoms with Crippen molar-refractivity contribution < 1.29 is 9.53 Å². The molecule has 0 spiro atoms. The van der Waals surface area contributed by atoms with Gasteiger partial charge in [-0.15, -0.1) is 0 Å². The van der Waals surface area contributed by atoms with Crippen molar-refractivity contribution in [3.8, 4) is 0 Å². The Morgan fingerprint density at radius 2 is 2.00 bits per heavy atom. The van der Waals surface area contributed by atoms with Crippen LogP contribution in [0, 0.1) is 0 Å². The van der Waals surface area contributed by atoms with Crippen LogP contribution in [0.25, 0.3) is 0 Å². The summed E-state index contributed by atoms with van der Waals surface area (Å²) in [5.41, 5.74) is 0.550. The molecule has 1 aromatic rings. The molecule has 1 saturated heterocycles. The molecule has 3 nitrogen and oxygen atoms in total. The molecule has 1 amide bonds. The van der Waals surface area contributed by atoms with Crippen molar-refractivity contribution in [2.45, 2.75) is 38.4 Å². The van der Waals surface area contributed by atoms with Gasteiger partial charge in [-0.3, -0.25) is 4.79 Å². The van der Waals surface area contributed by atoms with Gasteiger partial charge in [0, 0.05) is 18.4 Å². The van der Waals surface area contributed by atoms with E-state index in [2.05, 4.69) is 15.9 Å². The van der Waals surface area contributed by atoms with E-state index in [9.17, 15) is 4.79 Å². The van der Waals surface area contributed by atoms with Gasteiger partial charge in [0.05, 0.1) is 17.6 Å². The third-order valence-electron chi connectivity index (χ3n) is 3.82. The largest absolute Gasteiger partial charge is 0.371 e. The number of nitrogens with zero attached hydrogens (tertiary/aromatic N) is 1. The Morgan fingerprint density at radius 1 is 1.35 bits per heavy atom. The molecule has 110 valence electrons. The van der Waals surface area contributed by atoms with E-state index in [1.807, 2.05) is 56.0 Å². The zero-order valence-electron chi connectivity index (χ0n) is 12.3. The number of carbonyl (C=O) groups excluding carboxylic acids is 1. The van der Waals surface area contributed by atoms with Crippen LogP contribution in [-0.4, -0.2) is 41.4 Å². The molecule has 2 atom stereocenters. The van der Waals surface area contributed by atoms with Crippen LogP contribution >= 0.6 is 15.9 Å². The number of hydrogen-bond acceptors (Lipinski definition) is 2. The summed E-state index contributed by atoms with van der Waals surface area (Å²) in [4.78, 5) is 14.8. The lowest BCUT2D eigenvalue weighted by atomic mass is 9.83. The van der Waals surface area contributed by atoms with E-state index >= 15 is 0 Å². The fourth-order valence-electron chi connectivity index (χ4n) is 2.67. The number of rotatable bonds is 3. The summed E-state index contributed by atoms with van der Waals surface area (Å²) in [5, 5.41) is 0.757. The fraction of sp³-hybridized carbons (Fsp3) is 0.562. The Labute approximate surface area is 129 Å². The first-order chi connectivity index (χ1) is 9.45. The van der Waals surface area contributed by atoms with Gasteiger partial charge in [-0.25, -0.2) is 0 Å². The van der Waals surface area contributed by atoms with Crippen molar-refractivity contribution in [2.75, 3.05) is 18.4 Å². The van der Waals surface area contributed by atoms with Crippen molar-refractivity contribution >= 4 is 21.8 Å². The fourth-order valence-corrected chi connectivity index (χ4v) is 3.03. The van der Waals surface area contributed by atoms with Gasteiger partial charge in [-0.2, -0.15) is 0 Å². The number of ether oxygens (including phenoxy) is 1. The highest BCUT2D eigenvalue weighted by atomic mass is 79.9. The average Bonchev–Trinajstić information content (AvgIpc) is 2.46. The molecule has 0 bridgehead atoms. The maximum Gasteiger partial charge on any atom is 0.232 e. The minimum atomic E-state index is -0.505. The first kappa shape index (κ1) is 15.5. The van der Waals surface area contributed by atoms with Crippen LogP contribution in [0.2, 0.25) is 0 Å². The van der Waals surface area contributed by atoms with E-state index in [-0.39, 0.29) is 18.1 Å². The van der Waals surface area contributed by atoms with E-state index in [0.29, 0.717) is 13.1 Å². The van der Waals surface area contributed by atoms with E-state index < -0.39 is 5.41 Å². The van der Waals surface area contributed by atoms with E-state index in [4.69, 9.17) is 4.74 Å². The van der Waals surface area contributed by atoms with Gasteiger partial charge in [0.25, 0.3) is 0 Å². The predicted octanol–water partition coefficient (Wildman–Crippen LogP) is 2.98. The van der Waals surface area contributed by atoms with Crippen molar-refractivity contribution in [3.05, 3.63) is 35.9 Å². The number of alkyl halides is 1. The maximum atomic E-state index is 12.9. The average molecular weight is 340 g/mol. The van der Waals surface area contributed by atoms with Gasteiger partial charge in [0.15, 0.2) is 0 Å². The summed E-state index contributed by atoms with van der Waals surface area (Å²) >= 11 is 3.45. The van der Waals surface area contributed by atoms with Crippen molar-refractivity contribution in [2.24, 2.45) is 0 Å². The number of amides is 1. The molecular formula is C16H22BrNO2. The summed E-state index contributed by atoms with van der Waals surface area (Å²) in [6.45, 7) is 7.33. The Hall–Kier alpha value is -0.870. The molecule has 4 heteroatoms.